The van der Waals surface area contributed by atoms with Gasteiger partial charge in [-0.25, -0.2) is 0 Å². The maximum atomic E-state index is 12.9. The zero-order valence-corrected chi connectivity index (χ0v) is 18.8. The Kier molecular flexibility index (Phi) is 7.29. The predicted molar refractivity (Wildman–Crippen MR) is 125 cm³/mol. The van der Waals surface area contributed by atoms with E-state index in [2.05, 4.69) is 16.0 Å². The number of halogens is 3. The Morgan fingerprint density at radius 1 is 0.971 bits per heavy atom. The number of alkyl halides is 3. The molecule has 0 radical (unpaired) electrons. The van der Waals surface area contributed by atoms with Gasteiger partial charge in [0.2, 0.25) is 11.8 Å². The van der Waals surface area contributed by atoms with E-state index in [0.29, 0.717) is 32.6 Å². The van der Waals surface area contributed by atoms with Gasteiger partial charge in [-0.2, -0.15) is 13.2 Å². The van der Waals surface area contributed by atoms with Crippen LogP contribution in [0.15, 0.2) is 48.5 Å². The van der Waals surface area contributed by atoms with Crippen LogP contribution in [0, 0.1) is 11.8 Å². The second kappa shape index (κ2) is 10.4. The molecule has 2 saturated heterocycles. The van der Waals surface area contributed by atoms with Crippen molar-refractivity contribution >= 4 is 28.9 Å². The number of carbonyl (C=O) groups is 2. The van der Waals surface area contributed by atoms with E-state index in [9.17, 15) is 22.8 Å². The molecule has 2 aliphatic rings. The van der Waals surface area contributed by atoms with Gasteiger partial charge in [-0.3, -0.25) is 9.59 Å². The SMILES string of the molecule is O=C1CC(C(=O)NCc2ccc(Nc3ccc(N4CCC(C(F)(F)F)CC4)cc3)cc2)CCN1. The van der Waals surface area contributed by atoms with E-state index in [1.807, 2.05) is 53.4 Å². The molecule has 9 heteroatoms. The first-order chi connectivity index (χ1) is 16.3. The molecule has 34 heavy (non-hydrogen) atoms. The van der Waals surface area contributed by atoms with Crippen molar-refractivity contribution in [2.24, 2.45) is 11.8 Å². The Labute approximate surface area is 196 Å². The lowest BCUT2D eigenvalue weighted by atomic mass is 9.96. The van der Waals surface area contributed by atoms with Gasteiger partial charge in [0.15, 0.2) is 0 Å². The summed E-state index contributed by atoms with van der Waals surface area (Å²) in [4.78, 5) is 25.7. The minimum Gasteiger partial charge on any atom is -0.372 e. The van der Waals surface area contributed by atoms with Gasteiger partial charge in [0.1, 0.15) is 0 Å². The standard InChI is InChI=1S/C25H29F3N4O2/c26-25(27,28)19-10-13-32(14-11-19)22-7-5-21(6-8-22)31-20-3-1-17(2-4-20)16-30-24(34)18-9-12-29-23(33)15-18/h1-8,18-19,31H,9-16H2,(H,29,33)(H,30,34). The minimum atomic E-state index is -4.10. The van der Waals surface area contributed by atoms with Crippen LogP contribution in [0.25, 0.3) is 0 Å². The number of anilines is 3. The molecule has 2 fully saturated rings. The molecule has 0 aromatic heterocycles. The van der Waals surface area contributed by atoms with E-state index in [-0.39, 0.29) is 37.0 Å². The summed E-state index contributed by atoms with van der Waals surface area (Å²) < 4.78 is 38.6. The van der Waals surface area contributed by atoms with Crippen LogP contribution in [-0.2, 0) is 16.1 Å². The lowest BCUT2D eigenvalue weighted by Crippen LogP contribution is -2.40. The van der Waals surface area contributed by atoms with Crippen molar-refractivity contribution in [1.82, 2.24) is 10.6 Å². The maximum absolute atomic E-state index is 12.9. The summed E-state index contributed by atoms with van der Waals surface area (Å²) in [6.45, 7) is 1.75. The second-order valence-electron chi connectivity index (χ2n) is 8.93. The molecule has 0 saturated carbocycles. The molecule has 1 unspecified atom stereocenters. The molecule has 1 atom stereocenters. The number of hydrogen-bond acceptors (Lipinski definition) is 4. The molecule has 2 amide bonds. The molecule has 0 aliphatic carbocycles. The van der Waals surface area contributed by atoms with Crippen molar-refractivity contribution in [3.05, 3.63) is 54.1 Å². The molecule has 182 valence electrons. The summed E-state index contributed by atoms with van der Waals surface area (Å²) in [6.07, 6.45) is -2.95. The van der Waals surface area contributed by atoms with E-state index >= 15 is 0 Å². The molecule has 6 nitrogen and oxygen atoms in total. The van der Waals surface area contributed by atoms with E-state index in [0.717, 1.165) is 22.6 Å². The van der Waals surface area contributed by atoms with Crippen molar-refractivity contribution in [3.63, 3.8) is 0 Å². The number of amides is 2. The average molecular weight is 475 g/mol. The second-order valence-corrected chi connectivity index (χ2v) is 8.93. The number of piperidine rings is 2. The van der Waals surface area contributed by atoms with Crippen molar-refractivity contribution < 1.29 is 22.8 Å². The summed E-state index contributed by atoms with van der Waals surface area (Å²) in [5.41, 5.74) is 3.65. The van der Waals surface area contributed by atoms with Crippen LogP contribution in [-0.4, -0.2) is 37.6 Å². The molecule has 3 N–H and O–H groups in total. The molecular formula is C25H29F3N4O2. The molecule has 4 rings (SSSR count). The Morgan fingerprint density at radius 3 is 2.18 bits per heavy atom. The number of rotatable bonds is 6. The topological polar surface area (TPSA) is 73.5 Å². The highest BCUT2D eigenvalue weighted by atomic mass is 19.4. The van der Waals surface area contributed by atoms with Crippen LogP contribution in [0.2, 0.25) is 0 Å². The van der Waals surface area contributed by atoms with Gasteiger partial charge in [-0.05, 0) is 61.2 Å². The molecule has 2 aromatic carbocycles. The van der Waals surface area contributed by atoms with Gasteiger partial charge in [0.25, 0.3) is 0 Å². The summed E-state index contributed by atoms with van der Waals surface area (Å²) in [7, 11) is 0. The lowest BCUT2D eigenvalue weighted by Gasteiger charge is -2.34. The molecule has 2 aromatic rings. The number of nitrogens with zero attached hydrogens (tertiary/aromatic N) is 1. The quantitative estimate of drug-likeness (QED) is 0.582. The highest BCUT2D eigenvalue weighted by Crippen LogP contribution is 2.35. The third kappa shape index (κ3) is 6.21. The van der Waals surface area contributed by atoms with Crippen molar-refractivity contribution in [3.8, 4) is 0 Å². The third-order valence-corrected chi connectivity index (χ3v) is 6.52. The summed E-state index contributed by atoms with van der Waals surface area (Å²) in [6, 6.07) is 15.4. The average Bonchev–Trinajstić information content (AvgIpc) is 2.83. The monoisotopic (exact) mass is 474 g/mol. The fourth-order valence-electron chi connectivity index (χ4n) is 4.43. The number of hydrogen-bond donors (Lipinski definition) is 3. The zero-order valence-electron chi connectivity index (χ0n) is 18.8. The van der Waals surface area contributed by atoms with Crippen LogP contribution in [0.3, 0.4) is 0 Å². The Balaban J connectivity index is 1.25. The van der Waals surface area contributed by atoms with E-state index < -0.39 is 12.1 Å². The van der Waals surface area contributed by atoms with Crippen LogP contribution < -0.4 is 20.9 Å². The first kappa shape index (κ1) is 23.9. The first-order valence-corrected chi connectivity index (χ1v) is 11.6. The van der Waals surface area contributed by atoms with Crippen LogP contribution in [0.5, 0.6) is 0 Å². The molecule has 2 heterocycles. The van der Waals surface area contributed by atoms with Gasteiger partial charge in [-0.1, -0.05) is 12.1 Å². The Bertz CT molecular complexity index is 985. The highest BCUT2D eigenvalue weighted by Gasteiger charge is 2.41. The fraction of sp³-hybridized carbons (Fsp3) is 0.440. The van der Waals surface area contributed by atoms with Gasteiger partial charge < -0.3 is 20.9 Å². The van der Waals surface area contributed by atoms with Gasteiger partial charge in [-0.15, -0.1) is 0 Å². The minimum absolute atomic E-state index is 0.0825. The maximum Gasteiger partial charge on any atom is 0.391 e. The lowest BCUT2D eigenvalue weighted by molar-refractivity contribution is -0.179. The van der Waals surface area contributed by atoms with Crippen LogP contribution in [0.4, 0.5) is 30.2 Å². The summed E-state index contributed by atoms with van der Waals surface area (Å²) >= 11 is 0. The van der Waals surface area contributed by atoms with Crippen LogP contribution in [0.1, 0.15) is 31.2 Å². The van der Waals surface area contributed by atoms with Gasteiger partial charge in [0.05, 0.1) is 5.92 Å². The largest absolute Gasteiger partial charge is 0.391 e. The Hall–Kier alpha value is -3.23. The Morgan fingerprint density at radius 2 is 1.59 bits per heavy atom. The normalized spacial score (nSPS) is 19.4. The molecule has 2 aliphatic heterocycles. The van der Waals surface area contributed by atoms with E-state index in [4.69, 9.17) is 0 Å². The zero-order chi connectivity index (χ0) is 24.1. The summed E-state index contributed by atoms with van der Waals surface area (Å²) in [5, 5.41) is 8.94. The van der Waals surface area contributed by atoms with E-state index in [1.54, 1.807) is 0 Å². The first-order valence-electron chi connectivity index (χ1n) is 11.6. The molecule has 0 bridgehead atoms. The van der Waals surface area contributed by atoms with Crippen molar-refractivity contribution in [2.45, 2.75) is 38.4 Å². The van der Waals surface area contributed by atoms with Crippen molar-refractivity contribution in [1.29, 1.82) is 0 Å². The van der Waals surface area contributed by atoms with Gasteiger partial charge >= 0.3 is 6.18 Å². The van der Waals surface area contributed by atoms with Crippen LogP contribution >= 0.6 is 0 Å². The van der Waals surface area contributed by atoms with E-state index in [1.165, 1.54) is 0 Å². The summed E-state index contributed by atoms with van der Waals surface area (Å²) in [5.74, 6) is -1.65. The smallest absolute Gasteiger partial charge is 0.372 e. The molecular weight excluding hydrogens is 445 g/mol. The molecule has 0 spiro atoms. The number of benzene rings is 2. The predicted octanol–water partition coefficient (Wildman–Crippen LogP) is 4.35. The highest BCUT2D eigenvalue weighted by molar-refractivity contribution is 5.86. The van der Waals surface area contributed by atoms with Gasteiger partial charge in [0, 0.05) is 55.6 Å². The third-order valence-electron chi connectivity index (χ3n) is 6.52. The van der Waals surface area contributed by atoms with Crippen molar-refractivity contribution in [2.75, 3.05) is 29.9 Å². The number of nitrogens with one attached hydrogen (secondary N) is 3. The fourth-order valence-corrected chi connectivity index (χ4v) is 4.43. The number of carbonyl (C=O) groups excluding carboxylic acids is 2.